The molecule has 0 atom stereocenters. The Balaban J connectivity index is 2.12. The minimum absolute atomic E-state index is 0.161. The first-order valence-electron chi connectivity index (χ1n) is 5.37. The molecule has 0 unspecified atom stereocenters. The maximum atomic E-state index is 11.8. The van der Waals surface area contributed by atoms with Gasteiger partial charge in [-0.1, -0.05) is 0 Å². The molecule has 92 valence electrons. The second kappa shape index (κ2) is 5.02. The van der Waals surface area contributed by atoms with Crippen LogP contribution in [0, 0.1) is 25.2 Å². The van der Waals surface area contributed by atoms with E-state index in [4.69, 9.17) is 5.26 Å². The molecule has 2 aromatic heterocycles. The molecule has 0 fully saturated rings. The van der Waals surface area contributed by atoms with Crippen LogP contribution < -0.4 is 5.32 Å². The second-order valence-electron chi connectivity index (χ2n) is 3.88. The highest BCUT2D eigenvalue weighted by Gasteiger charge is 2.14. The molecule has 0 aliphatic rings. The van der Waals surface area contributed by atoms with Gasteiger partial charge < -0.3 is 9.88 Å². The normalized spacial score (nSPS) is 10.1. The molecule has 0 aliphatic heterocycles. The van der Waals surface area contributed by atoms with Gasteiger partial charge >= 0.3 is 0 Å². The van der Waals surface area contributed by atoms with Crippen molar-refractivity contribution < 1.29 is 4.79 Å². The Morgan fingerprint density at radius 1 is 1.61 bits per heavy atom. The second-order valence-corrected chi connectivity index (χ2v) is 5.11. The Bertz CT molecular complexity index is 607. The number of imidazole rings is 1. The van der Waals surface area contributed by atoms with Gasteiger partial charge in [-0.3, -0.25) is 4.79 Å². The lowest BCUT2D eigenvalue weighted by atomic mass is 10.2. The number of nitrogens with one attached hydrogen (secondary N) is 1. The predicted molar refractivity (Wildman–Crippen MR) is 69.4 cm³/mol. The summed E-state index contributed by atoms with van der Waals surface area (Å²) in [5.74, 6) is -0.161. The number of amides is 1. The fourth-order valence-electron chi connectivity index (χ4n) is 1.56. The average molecular weight is 260 g/mol. The molecule has 0 radical (unpaired) electrons. The quantitative estimate of drug-likeness (QED) is 0.918. The summed E-state index contributed by atoms with van der Waals surface area (Å²) in [5, 5.41) is 12.5. The molecule has 0 saturated heterocycles. The molecule has 18 heavy (non-hydrogen) atoms. The third-order valence-electron chi connectivity index (χ3n) is 2.64. The molecule has 5 nitrogen and oxygen atoms in total. The molecule has 2 heterocycles. The molecular weight excluding hydrogens is 248 g/mol. The molecule has 1 amide bonds. The van der Waals surface area contributed by atoms with E-state index >= 15 is 0 Å². The van der Waals surface area contributed by atoms with Crippen molar-refractivity contribution in [2.24, 2.45) is 0 Å². The Labute approximate surface area is 109 Å². The number of aromatic nitrogens is 2. The number of nitriles is 1. The van der Waals surface area contributed by atoms with Crippen LogP contribution in [0.2, 0.25) is 0 Å². The highest BCUT2D eigenvalue weighted by molar-refractivity contribution is 7.16. The first-order valence-corrected chi connectivity index (χ1v) is 6.19. The highest BCUT2D eigenvalue weighted by Crippen LogP contribution is 2.31. The summed E-state index contributed by atoms with van der Waals surface area (Å²) in [6.07, 6.45) is 4.92. The van der Waals surface area contributed by atoms with Gasteiger partial charge in [-0.15, -0.1) is 11.3 Å². The third kappa shape index (κ3) is 2.41. The zero-order valence-corrected chi connectivity index (χ0v) is 10.9. The van der Waals surface area contributed by atoms with Crippen LogP contribution in [0.25, 0.3) is 0 Å². The van der Waals surface area contributed by atoms with Crippen molar-refractivity contribution in [3.63, 3.8) is 0 Å². The van der Waals surface area contributed by atoms with Gasteiger partial charge in [-0.05, 0) is 19.4 Å². The van der Waals surface area contributed by atoms with Gasteiger partial charge in [0.2, 0.25) is 5.91 Å². The lowest BCUT2D eigenvalue weighted by molar-refractivity contribution is -0.116. The number of nitrogens with zero attached hydrogens (tertiary/aromatic N) is 3. The summed E-state index contributed by atoms with van der Waals surface area (Å²) >= 11 is 1.43. The first kappa shape index (κ1) is 12.3. The average Bonchev–Trinajstić information content (AvgIpc) is 2.89. The molecule has 2 rings (SSSR count). The Morgan fingerprint density at radius 2 is 2.39 bits per heavy atom. The van der Waals surface area contributed by atoms with Crippen LogP contribution in [0.15, 0.2) is 18.7 Å². The van der Waals surface area contributed by atoms with Crippen LogP contribution in [0.3, 0.4) is 0 Å². The van der Waals surface area contributed by atoms with Gasteiger partial charge in [0.25, 0.3) is 0 Å². The maximum Gasteiger partial charge on any atom is 0.244 e. The smallest absolute Gasteiger partial charge is 0.244 e. The van der Waals surface area contributed by atoms with Gasteiger partial charge in [0.15, 0.2) is 0 Å². The molecule has 6 heteroatoms. The van der Waals surface area contributed by atoms with Crippen molar-refractivity contribution in [2.75, 3.05) is 5.32 Å². The lowest BCUT2D eigenvalue weighted by Crippen LogP contribution is -2.17. The summed E-state index contributed by atoms with van der Waals surface area (Å²) in [4.78, 5) is 16.7. The summed E-state index contributed by atoms with van der Waals surface area (Å²) in [6, 6.07) is 2.13. The van der Waals surface area contributed by atoms with E-state index in [2.05, 4.69) is 16.4 Å². The van der Waals surface area contributed by atoms with Crippen LogP contribution in [0.4, 0.5) is 5.00 Å². The van der Waals surface area contributed by atoms with Crippen LogP contribution in [-0.2, 0) is 11.3 Å². The Hall–Kier alpha value is -2.13. The van der Waals surface area contributed by atoms with E-state index in [9.17, 15) is 4.79 Å². The van der Waals surface area contributed by atoms with E-state index in [1.54, 1.807) is 23.3 Å². The molecule has 0 saturated carbocycles. The van der Waals surface area contributed by atoms with Crippen LogP contribution in [0.1, 0.15) is 16.0 Å². The van der Waals surface area contributed by atoms with Gasteiger partial charge in [0.05, 0.1) is 11.9 Å². The van der Waals surface area contributed by atoms with Crippen molar-refractivity contribution in [1.29, 1.82) is 5.26 Å². The van der Waals surface area contributed by atoms with E-state index in [0.29, 0.717) is 10.6 Å². The zero-order chi connectivity index (χ0) is 13.1. The molecule has 0 aliphatic carbocycles. The highest BCUT2D eigenvalue weighted by atomic mass is 32.1. The van der Waals surface area contributed by atoms with E-state index in [1.807, 2.05) is 13.8 Å². The largest absolute Gasteiger partial charge is 0.328 e. The van der Waals surface area contributed by atoms with E-state index in [1.165, 1.54) is 11.3 Å². The van der Waals surface area contributed by atoms with Crippen molar-refractivity contribution in [3.8, 4) is 6.07 Å². The topological polar surface area (TPSA) is 70.7 Å². The van der Waals surface area contributed by atoms with Crippen LogP contribution in [0.5, 0.6) is 0 Å². The number of hydrogen-bond acceptors (Lipinski definition) is 4. The van der Waals surface area contributed by atoms with Crippen LogP contribution in [-0.4, -0.2) is 15.5 Å². The number of aryl methyl sites for hydroxylation is 1. The van der Waals surface area contributed by atoms with Gasteiger partial charge in [0, 0.05) is 17.3 Å². The van der Waals surface area contributed by atoms with Crippen molar-refractivity contribution >= 4 is 22.2 Å². The molecule has 0 bridgehead atoms. The molecular formula is C12H12N4OS. The third-order valence-corrected chi connectivity index (χ3v) is 3.76. The predicted octanol–water partition coefficient (Wildman–Crippen LogP) is 2.07. The minimum atomic E-state index is -0.161. The SMILES string of the molecule is Cc1sc(NC(=O)Cn2ccnc2)c(C#N)c1C. The number of thiophene rings is 1. The van der Waals surface area contributed by atoms with Crippen molar-refractivity contribution in [2.45, 2.75) is 20.4 Å². The molecule has 0 aromatic carbocycles. The molecule has 2 aromatic rings. The van der Waals surface area contributed by atoms with Crippen LogP contribution >= 0.6 is 11.3 Å². The molecule has 0 spiro atoms. The molecule has 1 N–H and O–H groups in total. The fraction of sp³-hybridized carbons (Fsp3) is 0.250. The Kier molecular flexibility index (Phi) is 3.44. The zero-order valence-electron chi connectivity index (χ0n) is 10.1. The standard InChI is InChI=1S/C12H12N4OS/c1-8-9(2)18-12(10(8)5-13)15-11(17)6-16-4-3-14-7-16/h3-4,7H,6H2,1-2H3,(H,15,17). The Morgan fingerprint density at radius 3 is 3.00 bits per heavy atom. The summed E-state index contributed by atoms with van der Waals surface area (Å²) in [5.41, 5.74) is 1.48. The number of rotatable bonds is 3. The van der Waals surface area contributed by atoms with Gasteiger partial charge in [-0.25, -0.2) is 4.98 Å². The van der Waals surface area contributed by atoms with E-state index in [0.717, 1.165) is 10.4 Å². The number of carbonyl (C=O) groups is 1. The maximum absolute atomic E-state index is 11.8. The number of hydrogen-bond donors (Lipinski definition) is 1. The fourth-order valence-corrected chi connectivity index (χ4v) is 2.59. The van der Waals surface area contributed by atoms with E-state index < -0.39 is 0 Å². The summed E-state index contributed by atoms with van der Waals surface area (Å²) < 4.78 is 1.68. The summed E-state index contributed by atoms with van der Waals surface area (Å²) in [6.45, 7) is 4.02. The van der Waals surface area contributed by atoms with Gasteiger partial charge in [-0.2, -0.15) is 5.26 Å². The summed E-state index contributed by atoms with van der Waals surface area (Å²) in [7, 11) is 0. The van der Waals surface area contributed by atoms with E-state index in [-0.39, 0.29) is 12.5 Å². The lowest BCUT2D eigenvalue weighted by Gasteiger charge is -2.03. The van der Waals surface area contributed by atoms with Gasteiger partial charge in [0.1, 0.15) is 17.6 Å². The number of carbonyl (C=O) groups excluding carboxylic acids is 1. The minimum Gasteiger partial charge on any atom is -0.328 e. The monoisotopic (exact) mass is 260 g/mol. The first-order chi connectivity index (χ1) is 8.61. The van der Waals surface area contributed by atoms with Crippen molar-refractivity contribution in [3.05, 3.63) is 34.7 Å². The number of anilines is 1. The van der Waals surface area contributed by atoms with Crippen molar-refractivity contribution in [1.82, 2.24) is 9.55 Å².